The summed E-state index contributed by atoms with van der Waals surface area (Å²) >= 11 is 0. The van der Waals surface area contributed by atoms with Gasteiger partial charge < -0.3 is 10.2 Å². The van der Waals surface area contributed by atoms with Crippen LogP contribution in [0.3, 0.4) is 0 Å². The Balaban J connectivity index is 1.30. The molecule has 4 heterocycles. The summed E-state index contributed by atoms with van der Waals surface area (Å²) in [7, 11) is -3.65. The van der Waals surface area contributed by atoms with E-state index in [2.05, 4.69) is 24.5 Å². The van der Waals surface area contributed by atoms with E-state index in [1.807, 2.05) is 18.3 Å². The van der Waals surface area contributed by atoms with Crippen LogP contribution >= 0.6 is 0 Å². The number of fused-ring (bicyclic) bond motifs is 1. The van der Waals surface area contributed by atoms with Crippen LogP contribution in [-0.4, -0.2) is 55.3 Å². The van der Waals surface area contributed by atoms with Crippen molar-refractivity contribution in [3.8, 4) is 0 Å². The van der Waals surface area contributed by atoms with Crippen LogP contribution in [-0.2, 0) is 16.6 Å². The second-order valence-corrected chi connectivity index (χ2v) is 9.76. The van der Waals surface area contributed by atoms with Gasteiger partial charge in [0.2, 0.25) is 5.95 Å². The van der Waals surface area contributed by atoms with E-state index in [0.717, 1.165) is 57.2 Å². The molecule has 0 amide bonds. The van der Waals surface area contributed by atoms with Crippen LogP contribution in [0.25, 0.3) is 0 Å². The Labute approximate surface area is 177 Å². The van der Waals surface area contributed by atoms with Crippen molar-refractivity contribution < 1.29 is 8.42 Å². The Hall–Kier alpha value is -2.52. The van der Waals surface area contributed by atoms with Gasteiger partial charge >= 0.3 is 0 Å². The van der Waals surface area contributed by atoms with Gasteiger partial charge in [0.1, 0.15) is 10.7 Å². The van der Waals surface area contributed by atoms with Gasteiger partial charge in [-0.25, -0.2) is 9.97 Å². The van der Waals surface area contributed by atoms with Crippen molar-refractivity contribution in [3.63, 3.8) is 0 Å². The molecule has 1 atom stereocenters. The number of hydrogen-bond acceptors (Lipinski definition) is 7. The molecule has 3 aliphatic heterocycles. The lowest BCUT2D eigenvalue weighted by atomic mass is 9.96. The molecular weight excluding hydrogens is 400 g/mol. The Morgan fingerprint density at radius 3 is 2.77 bits per heavy atom. The van der Waals surface area contributed by atoms with Gasteiger partial charge in [-0.3, -0.25) is 4.90 Å². The fraction of sp³-hybridized carbons (Fsp3) is 0.476. The maximum atomic E-state index is 12.6. The van der Waals surface area contributed by atoms with E-state index in [4.69, 9.17) is 4.98 Å². The summed E-state index contributed by atoms with van der Waals surface area (Å²) in [6.45, 7) is 4.51. The minimum atomic E-state index is -3.65. The zero-order chi connectivity index (χ0) is 20.6. The molecule has 0 saturated carbocycles. The van der Waals surface area contributed by atoms with Gasteiger partial charge in [-0.05, 0) is 50.4 Å². The van der Waals surface area contributed by atoms with Crippen molar-refractivity contribution in [1.29, 1.82) is 0 Å². The number of piperidine rings is 1. The van der Waals surface area contributed by atoms with Gasteiger partial charge in [-0.2, -0.15) is 8.42 Å². The number of amidine groups is 1. The van der Waals surface area contributed by atoms with Crippen LogP contribution in [0.2, 0.25) is 0 Å². The molecule has 1 aromatic heterocycles. The second kappa shape index (κ2) is 7.96. The van der Waals surface area contributed by atoms with E-state index in [9.17, 15) is 8.42 Å². The molecule has 0 radical (unpaired) electrons. The fourth-order valence-electron chi connectivity index (χ4n) is 4.50. The third kappa shape index (κ3) is 3.91. The van der Waals surface area contributed by atoms with Gasteiger partial charge in [0.25, 0.3) is 10.0 Å². The zero-order valence-electron chi connectivity index (χ0n) is 16.9. The van der Waals surface area contributed by atoms with Crippen LogP contribution in [0.5, 0.6) is 0 Å². The first kappa shape index (κ1) is 19.4. The number of aromatic nitrogens is 2. The smallest absolute Gasteiger partial charge is 0.286 e. The number of likely N-dealkylation sites (tertiary alicyclic amines) is 1. The van der Waals surface area contributed by atoms with Crippen LogP contribution in [0, 0.1) is 5.92 Å². The van der Waals surface area contributed by atoms with Crippen LogP contribution in [0.1, 0.15) is 31.4 Å². The van der Waals surface area contributed by atoms with Gasteiger partial charge in [0.15, 0.2) is 0 Å². The molecule has 30 heavy (non-hydrogen) atoms. The molecular formula is C21H26N6O2S. The summed E-state index contributed by atoms with van der Waals surface area (Å²) in [6.07, 6.45) is 6.15. The molecule has 1 unspecified atom stereocenters. The lowest BCUT2D eigenvalue weighted by Gasteiger charge is -2.34. The highest BCUT2D eigenvalue weighted by Crippen LogP contribution is 2.30. The van der Waals surface area contributed by atoms with Crippen LogP contribution < -0.4 is 10.2 Å². The zero-order valence-corrected chi connectivity index (χ0v) is 17.7. The van der Waals surface area contributed by atoms with E-state index in [1.165, 1.54) is 12.8 Å². The van der Waals surface area contributed by atoms with E-state index >= 15 is 0 Å². The van der Waals surface area contributed by atoms with Gasteiger partial charge in [0, 0.05) is 38.3 Å². The maximum absolute atomic E-state index is 12.6. The first-order valence-corrected chi connectivity index (χ1v) is 12.0. The van der Waals surface area contributed by atoms with Gasteiger partial charge in [0.05, 0.1) is 11.4 Å². The van der Waals surface area contributed by atoms with E-state index in [0.29, 0.717) is 11.5 Å². The van der Waals surface area contributed by atoms with Crippen molar-refractivity contribution in [2.24, 2.45) is 10.3 Å². The predicted molar refractivity (Wildman–Crippen MR) is 116 cm³/mol. The summed E-state index contributed by atoms with van der Waals surface area (Å²) in [5, 5.41) is 3.26. The molecule has 9 heteroatoms. The SMILES string of the molecule is O=S1(=O)N=C(C2CCCN(Cc3ccnc(N4CCCC4)n3)C2)Nc2ccccc21. The molecule has 1 N–H and O–H groups in total. The Morgan fingerprint density at radius 2 is 1.90 bits per heavy atom. The molecule has 0 spiro atoms. The Kier molecular flexibility index (Phi) is 5.16. The molecule has 2 fully saturated rings. The molecule has 2 aromatic rings. The average molecular weight is 427 g/mol. The van der Waals surface area contributed by atoms with E-state index < -0.39 is 10.0 Å². The van der Waals surface area contributed by atoms with Crippen LogP contribution in [0.4, 0.5) is 11.6 Å². The number of anilines is 2. The van der Waals surface area contributed by atoms with Gasteiger partial charge in [-0.1, -0.05) is 12.1 Å². The molecule has 1 aromatic carbocycles. The van der Waals surface area contributed by atoms with Crippen molar-refractivity contribution in [1.82, 2.24) is 14.9 Å². The summed E-state index contributed by atoms with van der Waals surface area (Å²) < 4.78 is 29.3. The van der Waals surface area contributed by atoms with Crippen molar-refractivity contribution in [2.75, 3.05) is 36.4 Å². The number of sulfonamides is 1. The standard InChI is InChI=1S/C21H26N6O2S/c28-30(29)19-8-2-1-7-18(19)24-20(25-30)16-6-5-11-26(14-16)15-17-9-10-22-21(23-17)27-12-3-4-13-27/h1-2,7-10,16H,3-6,11-15H2,(H,24,25). The highest BCUT2D eigenvalue weighted by molar-refractivity contribution is 7.90. The minimum absolute atomic E-state index is 0.0572. The van der Waals surface area contributed by atoms with Crippen molar-refractivity contribution in [2.45, 2.75) is 37.1 Å². The van der Waals surface area contributed by atoms with Crippen molar-refractivity contribution in [3.05, 3.63) is 42.2 Å². The first-order valence-electron chi connectivity index (χ1n) is 10.6. The van der Waals surface area contributed by atoms with E-state index in [1.54, 1.807) is 18.2 Å². The lowest BCUT2D eigenvalue weighted by Crippen LogP contribution is -2.41. The number of nitrogens with zero attached hydrogens (tertiary/aromatic N) is 5. The fourth-order valence-corrected chi connectivity index (χ4v) is 5.70. The quantitative estimate of drug-likeness (QED) is 0.803. The lowest BCUT2D eigenvalue weighted by molar-refractivity contribution is 0.194. The molecule has 3 aliphatic rings. The third-order valence-corrected chi connectivity index (χ3v) is 7.36. The first-order chi connectivity index (χ1) is 14.6. The number of hydrogen-bond donors (Lipinski definition) is 1. The van der Waals surface area contributed by atoms with E-state index in [-0.39, 0.29) is 10.8 Å². The predicted octanol–water partition coefficient (Wildman–Crippen LogP) is 2.50. The molecule has 0 aliphatic carbocycles. The molecule has 158 valence electrons. The number of rotatable bonds is 4. The number of benzene rings is 1. The summed E-state index contributed by atoms with van der Waals surface area (Å²) in [4.78, 5) is 14.0. The highest BCUT2D eigenvalue weighted by Gasteiger charge is 2.31. The van der Waals surface area contributed by atoms with Gasteiger partial charge in [-0.15, -0.1) is 4.40 Å². The summed E-state index contributed by atoms with van der Waals surface area (Å²) in [5.41, 5.74) is 1.62. The third-order valence-electron chi connectivity index (χ3n) is 6.01. The monoisotopic (exact) mass is 426 g/mol. The normalized spacial score (nSPS) is 23.5. The molecule has 5 rings (SSSR count). The largest absolute Gasteiger partial charge is 0.342 e. The maximum Gasteiger partial charge on any atom is 0.286 e. The average Bonchev–Trinajstić information content (AvgIpc) is 3.29. The Morgan fingerprint density at radius 1 is 1.07 bits per heavy atom. The highest BCUT2D eigenvalue weighted by atomic mass is 32.2. The summed E-state index contributed by atoms with van der Waals surface area (Å²) in [6, 6.07) is 8.92. The molecule has 0 bridgehead atoms. The topological polar surface area (TPSA) is 90.8 Å². The Bertz CT molecular complexity index is 1060. The van der Waals surface area contributed by atoms with Crippen molar-refractivity contribution >= 4 is 27.5 Å². The number of para-hydroxylation sites is 1. The second-order valence-electron chi connectivity index (χ2n) is 8.19. The molecule has 2 saturated heterocycles. The number of nitrogens with one attached hydrogen (secondary N) is 1. The minimum Gasteiger partial charge on any atom is -0.342 e. The summed E-state index contributed by atoms with van der Waals surface area (Å²) in [5.74, 6) is 1.43. The molecule has 8 nitrogen and oxygen atoms in total. The van der Waals surface area contributed by atoms with Crippen LogP contribution in [0.15, 0.2) is 45.8 Å².